The van der Waals surface area contributed by atoms with Crippen LogP contribution in [0.2, 0.25) is 0 Å². The molecule has 12 heteroatoms. The number of fused-ring (bicyclic) bond motifs is 1. The van der Waals surface area contributed by atoms with E-state index in [1.165, 1.54) is 6.33 Å². The average molecular weight is 556 g/mol. The number of hydrogen-bond donors (Lipinski definition) is 3. The Balaban J connectivity index is 1.63. The zero-order valence-electron chi connectivity index (χ0n) is 24.2. The summed E-state index contributed by atoms with van der Waals surface area (Å²) >= 11 is 0. The summed E-state index contributed by atoms with van der Waals surface area (Å²) < 4.78 is 19.1. The summed E-state index contributed by atoms with van der Waals surface area (Å²) in [7, 11) is 5.38. The smallest absolute Gasteiger partial charge is 0.237 e. The summed E-state index contributed by atoms with van der Waals surface area (Å²) in [5.74, 6) is 1.16. The van der Waals surface area contributed by atoms with Gasteiger partial charge in [-0.05, 0) is 38.0 Å². The Morgan fingerprint density at radius 3 is 2.50 bits per heavy atom. The quantitative estimate of drug-likeness (QED) is 0.303. The van der Waals surface area contributed by atoms with Crippen molar-refractivity contribution in [1.29, 1.82) is 0 Å². The number of rotatable bonds is 12. The number of aromatic nitrogens is 4. The van der Waals surface area contributed by atoms with Crippen LogP contribution in [0.25, 0.3) is 11.2 Å². The molecule has 4 rings (SSSR count). The molecule has 3 heterocycles. The SMILES string of the molecule is COc1ccc(C[C@H](NC(C)C)C(=O)N[C@@H]2[C@H](O)[C@@H](COC(C)C)O[C@H]2n2cnc3c(N(C)C)ncnc32)cc1. The highest BCUT2D eigenvalue weighted by Gasteiger charge is 2.47. The zero-order valence-corrected chi connectivity index (χ0v) is 24.2. The maximum atomic E-state index is 13.7. The minimum absolute atomic E-state index is 0.0449. The van der Waals surface area contributed by atoms with Gasteiger partial charge in [0.1, 0.15) is 30.3 Å². The molecular weight excluding hydrogens is 514 g/mol. The molecular formula is C28H41N7O5. The van der Waals surface area contributed by atoms with Crippen molar-refractivity contribution in [2.24, 2.45) is 0 Å². The van der Waals surface area contributed by atoms with Gasteiger partial charge in [0.05, 0.1) is 32.2 Å². The molecule has 0 unspecified atom stereocenters. The number of nitrogens with zero attached hydrogens (tertiary/aromatic N) is 5. The van der Waals surface area contributed by atoms with E-state index in [4.69, 9.17) is 14.2 Å². The Labute approximate surface area is 235 Å². The van der Waals surface area contributed by atoms with E-state index in [1.807, 2.05) is 71.0 Å². The highest BCUT2D eigenvalue weighted by Crippen LogP contribution is 2.33. The fraction of sp³-hybridized carbons (Fsp3) is 0.571. The number of carbonyl (C=O) groups is 1. The summed E-state index contributed by atoms with van der Waals surface area (Å²) in [6.07, 6.45) is 1.02. The second-order valence-electron chi connectivity index (χ2n) is 10.8. The predicted octanol–water partition coefficient (Wildman–Crippen LogP) is 1.68. The van der Waals surface area contributed by atoms with E-state index in [-0.39, 0.29) is 24.7 Å². The van der Waals surface area contributed by atoms with Gasteiger partial charge in [0.2, 0.25) is 5.91 Å². The molecule has 0 saturated carbocycles. The number of ether oxygens (including phenoxy) is 3. The van der Waals surface area contributed by atoms with E-state index in [1.54, 1.807) is 18.0 Å². The first-order valence-corrected chi connectivity index (χ1v) is 13.6. The molecule has 1 aromatic carbocycles. The van der Waals surface area contributed by atoms with Crippen molar-refractivity contribution in [1.82, 2.24) is 30.2 Å². The molecule has 218 valence electrons. The van der Waals surface area contributed by atoms with Gasteiger partial charge in [-0.15, -0.1) is 0 Å². The number of amides is 1. The molecule has 3 aromatic rings. The first kappa shape index (κ1) is 29.7. The molecule has 40 heavy (non-hydrogen) atoms. The fourth-order valence-electron chi connectivity index (χ4n) is 4.81. The summed E-state index contributed by atoms with van der Waals surface area (Å²) in [5.41, 5.74) is 2.11. The summed E-state index contributed by atoms with van der Waals surface area (Å²) in [5, 5.41) is 17.8. The van der Waals surface area contributed by atoms with Crippen molar-refractivity contribution in [3.8, 4) is 5.75 Å². The molecule has 5 atom stereocenters. The molecule has 1 amide bonds. The number of nitrogens with one attached hydrogen (secondary N) is 2. The van der Waals surface area contributed by atoms with Crippen molar-refractivity contribution in [3.63, 3.8) is 0 Å². The molecule has 0 spiro atoms. The van der Waals surface area contributed by atoms with Gasteiger partial charge in [-0.3, -0.25) is 9.36 Å². The highest BCUT2D eigenvalue weighted by molar-refractivity contribution is 5.84. The van der Waals surface area contributed by atoms with Crippen LogP contribution in [0.1, 0.15) is 39.5 Å². The lowest BCUT2D eigenvalue weighted by Crippen LogP contribution is -2.54. The molecule has 1 saturated heterocycles. The number of aliphatic hydroxyl groups excluding tert-OH is 1. The van der Waals surface area contributed by atoms with Crippen molar-refractivity contribution in [2.75, 3.05) is 32.7 Å². The average Bonchev–Trinajstić information content (AvgIpc) is 3.48. The van der Waals surface area contributed by atoms with E-state index >= 15 is 0 Å². The lowest BCUT2D eigenvalue weighted by atomic mass is 10.0. The summed E-state index contributed by atoms with van der Waals surface area (Å²) in [4.78, 5) is 28.9. The van der Waals surface area contributed by atoms with Crippen LogP contribution in [0.3, 0.4) is 0 Å². The van der Waals surface area contributed by atoms with Crippen LogP contribution in [0.15, 0.2) is 36.9 Å². The molecule has 1 aliphatic rings. The van der Waals surface area contributed by atoms with Crippen molar-refractivity contribution in [3.05, 3.63) is 42.5 Å². The van der Waals surface area contributed by atoms with Gasteiger partial charge in [-0.25, -0.2) is 15.0 Å². The molecule has 12 nitrogen and oxygen atoms in total. The van der Waals surface area contributed by atoms with Gasteiger partial charge in [-0.1, -0.05) is 26.0 Å². The van der Waals surface area contributed by atoms with Crippen molar-refractivity contribution < 1.29 is 24.1 Å². The molecule has 0 aliphatic carbocycles. The first-order chi connectivity index (χ1) is 19.1. The topological polar surface area (TPSA) is 136 Å². The van der Waals surface area contributed by atoms with Crippen LogP contribution in [0.5, 0.6) is 5.75 Å². The van der Waals surface area contributed by atoms with Gasteiger partial charge in [0.25, 0.3) is 0 Å². The highest BCUT2D eigenvalue weighted by atomic mass is 16.6. The fourth-order valence-corrected chi connectivity index (χ4v) is 4.81. The lowest BCUT2D eigenvalue weighted by Gasteiger charge is -2.27. The largest absolute Gasteiger partial charge is 0.497 e. The molecule has 0 bridgehead atoms. The van der Waals surface area contributed by atoms with E-state index in [0.29, 0.717) is 23.4 Å². The Kier molecular flexibility index (Phi) is 9.56. The van der Waals surface area contributed by atoms with E-state index in [9.17, 15) is 9.90 Å². The number of anilines is 1. The van der Waals surface area contributed by atoms with E-state index in [0.717, 1.165) is 11.3 Å². The third kappa shape index (κ3) is 6.69. The van der Waals surface area contributed by atoms with Crippen LogP contribution in [0.4, 0.5) is 5.82 Å². The van der Waals surface area contributed by atoms with E-state index < -0.39 is 30.5 Å². The third-order valence-corrected chi connectivity index (χ3v) is 6.76. The Hall–Kier alpha value is -3.32. The third-order valence-electron chi connectivity index (χ3n) is 6.76. The van der Waals surface area contributed by atoms with Gasteiger partial charge >= 0.3 is 0 Å². The molecule has 1 fully saturated rings. The minimum atomic E-state index is -1.03. The number of aliphatic hydroxyl groups is 1. The molecule has 1 aliphatic heterocycles. The van der Waals surface area contributed by atoms with Gasteiger partial charge in [-0.2, -0.15) is 0 Å². The van der Waals surface area contributed by atoms with Gasteiger partial charge in [0.15, 0.2) is 23.2 Å². The second kappa shape index (κ2) is 12.9. The monoisotopic (exact) mass is 555 g/mol. The van der Waals surface area contributed by atoms with Crippen LogP contribution < -0.4 is 20.3 Å². The maximum Gasteiger partial charge on any atom is 0.237 e. The predicted molar refractivity (Wildman–Crippen MR) is 151 cm³/mol. The second-order valence-corrected chi connectivity index (χ2v) is 10.8. The van der Waals surface area contributed by atoms with Gasteiger partial charge < -0.3 is 34.9 Å². The standard InChI is InChI=1S/C28H41N7O5/c1-16(2)32-20(12-18-8-10-19(38-7)11-9-18)27(37)33-22-24(36)21(13-39-17(3)4)40-28(22)35-15-31-23-25(34(5)6)29-14-30-26(23)35/h8-11,14-17,20-22,24,28,32,36H,12-13H2,1-7H3,(H,33,37)/t20-,21+,22+,24+,28+/m0/s1. The number of benzene rings is 1. The number of methoxy groups -OCH3 is 1. The maximum absolute atomic E-state index is 13.7. The molecule has 3 N–H and O–H groups in total. The number of hydrogen-bond acceptors (Lipinski definition) is 10. The van der Waals surface area contributed by atoms with E-state index in [2.05, 4.69) is 25.6 Å². The van der Waals surface area contributed by atoms with Gasteiger partial charge in [0, 0.05) is 20.1 Å². The number of carbonyl (C=O) groups excluding carboxylic acids is 1. The van der Waals surface area contributed by atoms with Crippen LogP contribution in [0, 0.1) is 0 Å². The summed E-state index contributed by atoms with van der Waals surface area (Å²) in [6.45, 7) is 7.99. The van der Waals surface area contributed by atoms with Crippen LogP contribution in [-0.4, -0.2) is 94.8 Å². The summed E-state index contributed by atoms with van der Waals surface area (Å²) in [6, 6.07) is 6.35. The first-order valence-electron chi connectivity index (χ1n) is 13.6. The normalized spacial score (nSPS) is 21.8. The van der Waals surface area contributed by atoms with Crippen molar-refractivity contribution in [2.45, 2.75) is 76.8 Å². The molecule has 2 aromatic heterocycles. The Morgan fingerprint density at radius 1 is 1.15 bits per heavy atom. The minimum Gasteiger partial charge on any atom is -0.497 e. The Morgan fingerprint density at radius 2 is 1.88 bits per heavy atom. The van der Waals surface area contributed by atoms with Crippen LogP contribution in [-0.2, 0) is 20.7 Å². The number of imidazole rings is 1. The zero-order chi connectivity index (χ0) is 29.0. The Bertz CT molecular complexity index is 1260. The lowest BCUT2D eigenvalue weighted by molar-refractivity contribution is -0.125. The van der Waals surface area contributed by atoms with Crippen LogP contribution >= 0.6 is 0 Å². The molecule has 0 radical (unpaired) electrons. The van der Waals surface area contributed by atoms with Crippen molar-refractivity contribution >= 4 is 22.9 Å².